The van der Waals surface area contributed by atoms with Crippen LogP contribution in [-0.2, 0) is 6.54 Å². The Hall–Kier alpha value is -0.710. The van der Waals surface area contributed by atoms with Gasteiger partial charge in [-0.05, 0) is 37.1 Å². The summed E-state index contributed by atoms with van der Waals surface area (Å²) in [5.41, 5.74) is 0.938. The number of rotatable bonds is 4. The van der Waals surface area contributed by atoms with Crippen LogP contribution in [0.2, 0.25) is 5.28 Å². The van der Waals surface area contributed by atoms with Gasteiger partial charge in [-0.15, -0.1) is 0 Å². The summed E-state index contributed by atoms with van der Waals surface area (Å²) in [6, 6.07) is 2.49. The van der Waals surface area contributed by atoms with Crippen LogP contribution in [0.15, 0.2) is 12.3 Å². The highest BCUT2D eigenvalue weighted by Gasteiger charge is 2.12. The van der Waals surface area contributed by atoms with E-state index in [1.165, 1.54) is 12.8 Å². The maximum absolute atomic E-state index is 5.69. The minimum Gasteiger partial charge on any atom is -0.313 e. The molecule has 4 nitrogen and oxygen atoms in total. The highest BCUT2D eigenvalue weighted by atomic mass is 35.5. The van der Waals surface area contributed by atoms with Gasteiger partial charge in [-0.2, -0.15) is 0 Å². The van der Waals surface area contributed by atoms with Crippen molar-refractivity contribution in [2.75, 3.05) is 13.1 Å². The third kappa shape index (κ3) is 3.41. The summed E-state index contributed by atoms with van der Waals surface area (Å²) in [7, 11) is 0. The zero-order chi connectivity index (χ0) is 10.5. The van der Waals surface area contributed by atoms with Gasteiger partial charge in [-0.1, -0.05) is 0 Å². The van der Waals surface area contributed by atoms with Crippen molar-refractivity contribution in [1.82, 2.24) is 20.6 Å². The molecule has 5 heteroatoms. The molecule has 82 valence electrons. The molecule has 0 aromatic carbocycles. The lowest BCUT2D eigenvalue weighted by molar-refractivity contribution is 0.532. The van der Waals surface area contributed by atoms with E-state index in [4.69, 9.17) is 11.6 Å². The van der Waals surface area contributed by atoms with Crippen LogP contribution < -0.4 is 10.6 Å². The maximum atomic E-state index is 5.69. The van der Waals surface area contributed by atoms with Crippen LogP contribution in [0.1, 0.15) is 18.5 Å². The van der Waals surface area contributed by atoms with E-state index in [1.807, 2.05) is 6.07 Å². The van der Waals surface area contributed by atoms with Crippen molar-refractivity contribution < 1.29 is 0 Å². The van der Waals surface area contributed by atoms with Gasteiger partial charge in [0, 0.05) is 25.3 Å². The molecule has 0 aliphatic carbocycles. The van der Waals surface area contributed by atoms with E-state index in [1.54, 1.807) is 6.20 Å². The van der Waals surface area contributed by atoms with E-state index < -0.39 is 0 Å². The summed E-state index contributed by atoms with van der Waals surface area (Å²) in [6.07, 6.45) is 4.23. The minimum atomic E-state index is 0.313. The number of nitrogens with zero attached hydrogens (tertiary/aromatic N) is 2. The molecule has 2 rings (SSSR count). The summed E-state index contributed by atoms with van der Waals surface area (Å²) in [6.45, 7) is 2.88. The Bertz CT molecular complexity index is 312. The monoisotopic (exact) mass is 226 g/mol. The first kappa shape index (κ1) is 10.8. The summed E-state index contributed by atoms with van der Waals surface area (Å²) >= 11 is 5.69. The van der Waals surface area contributed by atoms with Gasteiger partial charge in [0.15, 0.2) is 0 Å². The third-order valence-electron chi connectivity index (χ3n) is 2.54. The average Bonchev–Trinajstić information content (AvgIpc) is 2.71. The summed E-state index contributed by atoms with van der Waals surface area (Å²) in [5.74, 6) is 0. The van der Waals surface area contributed by atoms with Crippen LogP contribution in [0, 0.1) is 0 Å². The van der Waals surface area contributed by atoms with E-state index in [-0.39, 0.29) is 0 Å². The number of halogens is 1. The second-order valence-electron chi connectivity index (χ2n) is 3.74. The lowest BCUT2D eigenvalue weighted by Crippen LogP contribution is -2.33. The van der Waals surface area contributed by atoms with Crippen molar-refractivity contribution in [1.29, 1.82) is 0 Å². The fraction of sp³-hybridized carbons (Fsp3) is 0.600. The quantitative estimate of drug-likeness (QED) is 0.752. The van der Waals surface area contributed by atoms with E-state index in [0.717, 1.165) is 25.3 Å². The topological polar surface area (TPSA) is 49.8 Å². The predicted molar refractivity (Wildman–Crippen MR) is 59.8 cm³/mol. The van der Waals surface area contributed by atoms with Gasteiger partial charge < -0.3 is 10.6 Å². The summed E-state index contributed by atoms with van der Waals surface area (Å²) in [4.78, 5) is 7.95. The molecule has 1 aromatic rings. The Kier molecular flexibility index (Phi) is 3.88. The van der Waals surface area contributed by atoms with Gasteiger partial charge >= 0.3 is 0 Å². The largest absolute Gasteiger partial charge is 0.313 e. The molecule has 0 bridgehead atoms. The average molecular weight is 227 g/mol. The van der Waals surface area contributed by atoms with Crippen LogP contribution in [0.5, 0.6) is 0 Å². The van der Waals surface area contributed by atoms with Crippen molar-refractivity contribution >= 4 is 11.6 Å². The molecule has 1 aliphatic heterocycles. The fourth-order valence-electron chi connectivity index (χ4n) is 1.77. The van der Waals surface area contributed by atoms with Crippen molar-refractivity contribution in [2.24, 2.45) is 0 Å². The molecule has 0 spiro atoms. The highest BCUT2D eigenvalue weighted by molar-refractivity contribution is 6.28. The van der Waals surface area contributed by atoms with Crippen LogP contribution in [0.3, 0.4) is 0 Å². The van der Waals surface area contributed by atoms with Gasteiger partial charge in [-0.3, -0.25) is 0 Å². The van der Waals surface area contributed by atoms with Gasteiger partial charge in [0.25, 0.3) is 0 Å². The van der Waals surface area contributed by atoms with Crippen molar-refractivity contribution in [3.8, 4) is 0 Å². The van der Waals surface area contributed by atoms with Gasteiger partial charge in [0.2, 0.25) is 5.28 Å². The Morgan fingerprint density at radius 1 is 1.60 bits per heavy atom. The number of hydrogen-bond acceptors (Lipinski definition) is 4. The first-order chi connectivity index (χ1) is 7.34. The fourth-order valence-corrected chi connectivity index (χ4v) is 1.94. The molecule has 0 saturated carbocycles. The predicted octanol–water partition coefficient (Wildman–Crippen LogP) is 0.972. The van der Waals surface area contributed by atoms with Crippen LogP contribution in [0.25, 0.3) is 0 Å². The lowest BCUT2D eigenvalue weighted by Gasteiger charge is -2.10. The normalized spacial score (nSPS) is 20.7. The van der Waals surface area contributed by atoms with E-state index in [0.29, 0.717) is 11.3 Å². The van der Waals surface area contributed by atoms with E-state index >= 15 is 0 Å². The van der Waals surface area contributed by atoms with Crippen LogP contribution >= 0.6 is 11.6 Å². The Morgan fingerprint density at radius 2 is 2.53 bits per heavy atom. The zero-order valence-corrected chi connectivity index (χ0v) is 9.30. The van der Waals surface area contributed by atoms with Crippen molar-refractivity contribution in [3.05, 3.63) is 23.2 Å². The number of nitrogens with one attached hydrogen (secondary N) is 2. The molecular weight excluding hydrogens is 212 g/mol. The van der Waals surface area contributed by atoms with E-state index in [2.05, 4.69) is 20.6 Å². The smallest absolute Gasteiger partial charge is 0.222 e. The molecule has 2 N–H and O–H groups in total. The molecule has 1 saturated heterocycles. The van der Waals surface area contributed by atoms with Crippen molar-refractivity contribution in [2.45, 2.75) is 25.4 Å². The molecule has 0 unspecified atom stereocenters. The van der Waals surface area contributed by atoms with Gasteiger partial charge in [0.05, 0.1) is 5.69 Å². The Morgan fingerprint density at radius 3 is 3.27 bits per heavy atom. The van der Waals surface area contributed by atoms with E-state index in [9.17, 15) is 0 Å². The summed E-state index contributed by atoms with van der Waals surface area (Å²) in [5, 5.41) is 7.11. The van der Waals surface area contributed by atoms with Gasteiger partial charge in [0.1, 0.15) is 0 Å². The Balaban J connectivity index is 1.73. The number of hydrogen-bond donors (Lipinski definition) is 2. The second kappa shape index (κ2) is 5.39. The molecule has 0 amide bonds. The molecule has 2 heterocycles. The zero-order valence-electron chi connectivity index (χ0n) is 8.54. The lowest BCUT2D eigenvalue weighted by atomic mass is 10.2. The molecule has 1 fully saturated rings. The molecule has 15 heavy (non-hydrogen) atoms. The first-order valence-electron chi connectivity index (χ1n) is 5.26. The number of aromatic nitrogens is 2. The minimum absolute atomic E-state index is 0.313. The van der Waals surface area contributed by atoms with Crippen LogP contribution in [-0.4, -0.2) is 29.1 Å². The highest BCUT2D eigenvalue weighted by Crippen LogP contribution is 2.04. The standard InChI is InChI=1S/C10H15ClN4/c11-10-14-5-3-9(15-10)7-12-6-8-2-1-4-13-8/h3,5,8,12-13H,1-2,4,6-7H2/t8-/m1/s1. The van der Waals surface area contributed by atoms with Gasteiger partial charge in [-0.25, -0.2) is 9.97 Å². The van der Waals surface area contributed by atoms with Crippen molar-refractivity contribution in [3.63, 3.8) is 0 Å². The first-order valence-corrected chi connectivity index (χ1v) is 5.64. The molecule has 1 aliphatic rings. The van der Waals surface area contributed by atoms with Crippen LogP contribution in [0.4, 0.5) is 0 Å². The molecule has 1 atom stereocenters. The summed E-state index contributed by atoms with van der Waals surface area (Å²) < 4.78 is 0. The molecular formula is C10H15ClN4. The third-order valence-corrected chi connectivity index (χ3v) is 2.73. The maximum Gasteiger partial charge on any atom is 0.222 e. The molecule has 0 radical (unpaired) electrons. The SMILES string of the molecule is Clc1nccc(CNC[C@H]2CCCN2)n1. The second-order valence-corrected chi connectivity index (χ2v) is 4.08. The molecule has 1 aromatic heterocycles. The Labute approximate surface area is 94.5 Å².